The molecular formula is C19H31NO4Si. The van der Waals surface area contributed by atoms with E-state index in [0.29, 0.717) is 26.4 Å². The van der Waals surface area contributed by atoms with Gasteiger partial charge >= 0.3 is 8.80 Å². The molecule has 1 aliphatic rings. The monoisotopic (exact) mass is 365 g/mol. The van der Waals surface area contributed by atoms with Gasteiger partial charge < -0.3 is 22.9 Å². The Morgan fingerprint density at radius 1 is 1.24 bits per heavy atom. The van der Waals surface area contributed by atoms with Crippen LogP contribution in [0.2, 0.25) is 6.04 Å². The van der Waals surface area contributed by atoms with Crippen molar-refractivity contribution >= 4 is 14.5 Å². The highest BCUT2D eigenvalue weighted by molar-refractivity contribution is 6.60. The van der Waals surface area contributed by atoms with E-state index in [9.17, 15) is 0 Å². The van der Waals surface area contributed by atoms with E-state index in [2.05, 4.69) is 23.6 Å². The van der Waals surface area contributed by atoms with Crippen molar-refractivity contribution in [2.24, 2.45) is 0 Å². The van der Waals surface area contributed by atoms with Gasteiger partial charge in [0, 0.05) is 44.6 Å². The van der Waals surface area contributed by atoms with Gasteiger partial charge in [-0.3, -0.25) is 0 Å². The maximum atomic E-state index is 6.45. The van der Waals surface area contributed by atoms with E-state index in [4.69, 9.17) is 18.0 Å². The summed E-state index contributed by atoms with van der Waals surface area (Å²) in [5.41, 5.74) is 1.15. The molecule has 0 bridgehead atoms. The van der Waals surface area contributed by atoms with Gasteiger partial charge in [0.2, 0.25) is 0 Å². The van der Waals surface area contributed by atoms with E-state index in [0.717, 1.165) is 31.3 Å². The minimum atomic E-state index is -2.65. The molecule has 1 unspecified atom stereocenters. The van der Waals surface area contributed by atoms with Crippen LogP contribution in [-0.4, -0.2) is 54.4 Å². The summed E-state index contributed by atoms with van der Waals surface area (Å²) < 4.78 is 24.3. The highest BCUT2D eigenvalue weighted by Gasteiger charge is 2.43. The number of ether oxygens (including phenoxy) is 1. The van der Waals surface area contributed by atoms with Crippen LogP contribution >= 0.6 is 0 Å². The van der Waals surface area contributed by atoms with Crippen molar-refractivity contribution < 1.29 is 18.0 Å². The molecule has 6 heteroatoms. The van der Waals surface area contributed by atoms with Crippen LogP contribution in [0.15, 0.2) is 43.0 Å². The second-order valence-corrected chi connectivity index (χ2v) is 8.68. The van der Waals surface area contributed by atoms with Crippen molar-refractivity contribution in [3.63, 3.8) is 0 Å². The Labute approximate surface area is 152 Å². The van der Waals surface area contributed by atoms with Crippen LogP contribution in [0, 0.1) is 0 Å². The van der Waals surface area contributed by atoms with E-state index in [1.54, 1.807) is 0 Å². The molecule has 0 N–H and O–H groups in total. The molecule has 1 aliphatic heterocycles. The zero-order chi connectivity index (χ0) is 18.0. The Morgan fingerprint density at radius 3 is 2.60 bits per heavy atom. The molecule has 0 saturated carbocycles. The van der Waals surface area contributed by atoms with Gasteiger partial charge in [-0.2, -0.15) is 0 Å². The van der Waals surface area contributed by atoms with Crippen molar-refractivity contribution in [2.45, 2.75) is 32.4 Å². The third-order valence-corrected chi connectivity index (χ3v) is 7.16. The summed E-state index contributed by atoms with van der Waals surface area (Å²) in [6.07, 6.45) is 2.73. The fraction of sp³-hybridized carbons (Fsp3) is 0.579. The average Bonchev–Trinajstić information content (AvgIpc) is 2.60. The molecule has 0 amide bonds. The Bertz CT molecular complexity index is 493. The van der Waals surface area contributed by atoms with Gasteiger partial charge in [0.1, 0.15) is 0 Å². The summed E-state index contributed by atoms with van der Waals surface area (Å²) in [5.74, 6) is 0. The minimum absolute atomic E-state index is 0.0924. The first-order chi connectivity index (χ1) is 12.2. The standard InChI is InChI=1S/C19H31NO4Si/c1-4-13-20(18-11-8-7-9-12-18)16-19-17-21-14-10-15-25(24-19,22-5-2)23-6-3/h4,7-9,11-12,19H,1,5-6,10,13-17H2,2-3H3. The predicted molar refractivity (Wildman–Crippen MR) is 103 cm³/mol. The number of para-hydroxylation sites is 1. The zero-order valence-corrected chi connectivity index (χ0v) is 16.5. The number of hydrogen-bond acceptors (Lipinski definition) is 5. The van der Waals surface area contributed by atoms with Crippen molar-refractivity contribution in [2.75, 3.05) is 44.4 Å². The zero-order valence-electron chi connectivity index (χ0n) is 15.5. The lowest BCUT2D eigenvalue weighted by Crippen LogP contribution is -2.53. The largest absolute Gasteiger partial charge is 0.501 e. The first kappa shape index (κ1) is 20.1. The van der Waals surface area contributed by atoms with Gasteiger partial charge in [-0.1, -0.05) is 24.3 Å². The summed E-state index contributed by atoms with van der Waals surface area (Å²) in [5, 5.41) is 0. The second kappa shape index (κ2) is 10.7. The van der Waals surface area contributed by atoms with Crippen molar-refractivity contribution in [3.8, 4) is 0 Å². The molecule has 140 valence electrons. The molecule has 0 spiro atoms. The molecule has 1 atom stereocenters. The van der Waals surface area contributed by atoms with E-state index in [-0.39, 0.29) is 6.10 Å². The highest BCUT2D eigenvalue weighted by Crippen LogP contribution is 2.24. The molecular weight excluding hydrogens is 334 g/mol. The molecule has 1 fully saturated rings. The lowest BCUT2D eigenvalue weighted by molar-refractivity contribution is -0.0217. The number of hydrogen-bond donors (Lipinski definition) is 0. The quantitative estimate of drug-likeness (QED) is 0.495. The fourth-order valence-electron chi connectivity index (χ4n) is 3.06. The molecule has 1 heterocycles. The number of rotatable bonds is 9. The Kier molecular flexibility index (Phi) is 8.64. The molecule has 2 rings (SSSR count). The lowest BCUT2D eigenvalue weighted by Gasteiger charge is -2.37. The first-order valence-corrected chi connectivity index (χ1v) is 11.1. The number of anilines is 1. The summed E-state index contributed by atoms with van der Waals surface area (Å²) in [7, 11) is -2.65. The first-order valence-electron chi connectivity index (χ1n) is 9.17. The van der Waals surface area contributed by atoms with Gasteiger partial charge in [-0.25, -0.2) is 0 Å². The summed E-state index contributed by atoms with van der Waals surface area (Å²) in [6, 6.07) is 11.1. The topological polar surface area (TPSA) is 40.2 Å². The lowest BCUT2D eigenvalue weighted by atomic mass is 10.2. The van der Waals surface area contributed by atoms with Crippen LogP contribution < -0.4 is 4.90 Å². The van der Waals surface area contributed by atoms with Gasteiger partial charge in [0.25, 0.3) is 0 Å². The fourth-order valence-corrected chi connectivity index (χ4v) is 5.80. The van der Waals surface area contributed by atoms with E-state index >= 15 is 0 Å². The van der Waals surface area contributed by atoms with Crippen molar-refractivity contribution in [1.82, 2.24) is 0 Å². The summed E-state index contributed by atoms with van der Waals surface area (Å²) in [4.78, 5) is 2.25. The average molecular weight is 366 g/mol. The maximum absolute atomic E-state index is 6.45. The molecule has 0 aromatic heterocycles. The Balaban J connectivity index is 2.13. The van der Waals surface area contributed by atoms with Gasteiger partial charge in [-0.15, -0.1) is 6.58 Å². The molecule has 5 nitrogen and oxygen atoms in total. The summed E-state index contributed by atoms with van der Waals surface area (Å²) >= 11 is 0. The molecule has 0 aliphatic carbocycles. The third-order valence-electron chi connectivity index (χ3n) is 4.04. The predicted octanol–water partition coefficient (Wildman–Crippen LogP) is 3.50. The minimum Gasteiger partial charge on any atom is -0.379 e. The van der Waals surface area contributed by atoms with Gasteiger partial charge in [-0.05, 0) is 32.4 Å². The molecule has 1 saturated heterocycles. The normalized spacial score (nSPS) is 20.5. The van der Waals surface area contributed by atoms with Crippen LogP contribution in [0.1, 0.15) is 20.3 Å². The van der Waals surface area contributed by atoms with Gasteiger partial charge in [0.15, 0.2) is 0 Å². The molecule has 1 aromatic carbocycles. The smallest absolute Gasteiger partial charge is 0.379 e. The van der Waals surface area contributed by atoms with Crippen LogP contribution in [0.3, 0.4) is 0 Å². The van der Waals surface area contributed by atoms with Crippen LogP contribution in [0.5, 0.6) is 0 Å². The van der Waals surface area contributed by atoms with E-state index in [1.807, 2.05) is 38.1 Å². The van der Waals surface area contributed by atoms with Crippen molar-refractivity contribution in [1.29, 1.82) is 0 Å². The second-order valence-electron chi connectivity index (χ2n) is 6.00. The van der Waals surface area contributed by atoms with Crippen LogP contribution in [-0.2, 0) is 18.0 Å². The number of nitrogens with zero attached hydrogens (tertiary/aromatic N) is 1. The maximum Gasteiger partial charge on any atom is 0.501 e. The Morgan fingerprint density at radius 2 is 1.96 bits per heavy atom. The van der Waals surface area contributed by atoms with E-state index < -0.39 is 8.80 Å². The van der Waals surface area contributed by atoms with Crippen LogP contribution in [0.4, 0.5) is 5.69 Å². The molecule has 1 aromatic rings. The van der Waals surface area contributed by atoms with Crippen molar-refractivity contribution in [3.05, 3.63) is 43.0 Å². The highest BCUT2D eigenvalue weighted by atomic mass is 28.4. The molecule has 0 radical (unpaired) electrons. The SMILES string of the molecule is C=CCN(CC1COCCC[Si](OCC)(OCC)O1)c1ccccc1. The summed E-state index contributed by atoms with van der Waals surface area (Å²) in [6.45, 7) is 11.8. The number of benzene rings is 1. The molecule has 25 heavy (non-hydrogen) atoms. The van der Waals surface area contributed by atoms with Crippen LogP contribution in [0.25, 0.3) is 0 Å². The van der Waals surface area contributed by atoms with E-state index in [1.165, 1.54) is 0 Å². The Hall–Kier alpha value is -1.18. The third kappa shape index (κ3) is 6.24. The van der Waals surface area contributed by atoms with Gasteiger partial charge in [0.05, 0.1) is 12.7 Å².